The van der Waals surface area contributed by atoms with E-state index in [9.17, 15) is 24.0 Å². The summed E-state index contributed by atoms with van der Waals surface area (Å²) < 4.78 is 31.4. The summed E-state index contributed by atoms with van der Waals surface area (Å²) in [6, 6.07) is 13.3. The lowest BCUT2D eigenvalue weighted by atomic mass is 10.1. The van der Waals surface area contributed by atoms with Gasteiger partial charge in [0.2, 0.25) is 0 Å². The number of hydrogen-bond donors (Lipinski definition) is 0. The molecule has 0 saturated heterocycles. The summed E-state index contributed by atoms with van der Waals surface area (Å²) in [6.45, 7) is 15.1. The highest BCUT2D eigenvalue weighted by Crippen LogP contribution is 2.26. The first-order valence-electron chi connectivity index (χ1n) is 18.0. The number of benzene rings is 2. The molecule has 0 saturated carbocycles. The van der Waals surface area contributed by atoms with Gasteiger partial charge in [-0.2, -0.15) is 0 Å². The number of rotatable bonds is 25. The second-order valence-electron chi connectivity index (χ2n) is 11.8. The van der Waals surface area contributed by atoms with Gasteiger partial charge < -0.3 is 38.2 Å². The quantitative estimate of drug-likeness (QED) is 0.0453. The second kappa shape index (κ2) is 29.7. The molecule has 2 aromatic rings. The molecular weight excluding hydrogens is 684 g/mol. The van der Waals surface area contributed by atoms with E-state index in [1.807, 2.05) is 36.4 Å². The summed E-state index contributed by atoms with van der Waals surface area (Å²) in [7, 11) is 0. The lowest BCUT2D eigenvalue weighted by Gasteiger charge is -2.25. The summed E-state index contributed by atoms with van der Waals surface area (Å²) in [5, 5.41) is 0. The number of esters is 4. The number of aldehydes is 1. The molecule has 0 bridgehead atoms. The van der Waals surface area contributed by atoms with E-state index in [-0.39, 0.29) is 31.3 Å². The molecule has 0 aromatic heterocycles. The number of anilines is 2. The minimum Gasteiger partial charge on any atom is -0.494 e. The van der Waals surface area contributed by atoms with Crippen LogP contribution in [-0.4, -0.2) is 96.0 Å². The Morgan fingerprint density at radius 2 is 1.02 bits per heavy atom. The summed E-state index contributed by atoms with van der Waals surface area (Å²) >= 11 is 0. The second-order valence-corrected chi connectivity index (χ2v) is 11.8. The van der Waals surface area contributed by atoms with E-state index in [2.05, 4.69) is 23.6 Å². The Hall–Kier alpha value is -4.81. The van der Waals surface area contributed by atoms with Crippen molar-refractivity contribution >= 4 is 41.5 Å². The molecule has 53 heavy (non-hydrogen) atoms. The maximum absolute atomic E-state index is 11.3. The molecule has 2 aromatic carbocycles. The van der Waals surface area contributed by atoms with Crippen molar-refractivity contribution in [2.45, 2.75) is 87.5 Å². The van der Waals surface area contributed by atoms with Crippen LogP contribution in [0.25, 0.3) is 0 Å². The van der Waals surface area contributed by atoms with Crippen LogP contribution in [-0.2, 0) is 38.1 Å². The standard InChI is InChI=1S/C20H29NO6.C19H29NO5.CH4/c1-4-9-21(10-13-26-17(3)24)19-8-7-18(15-22)20(14-19)27-12-6-5-11-25-16(2)23;1-4-10-20(11-14-24-17(3)22)18-8-7-9-19(15-18)25-13-6-5-12-23-16(2)21;/h7-8,14-15H,4-6,9-13H2,1-3H3;7-9,15H,4-6,10-14H2,1-3H3;1H4. The van der Waals surface area contributed by atoms with Gasteiger partial charge in [0.05, 0.1) is 45.1 Å². The Kier molecular flexibility index (Phi) is 27.0. The van der Waals surface area contributed by atoms with Crippen LogP contribution in [0.15, 0.2) is 42.5 Å². The van der Waals surface area contributed by atoms with Gasteiger partial charge in [-0.1, -0.05) is 27.3 Å². The van der Waals surface area contributed by atoms with Crippen molar-refractivity contribution in [2.75, 3.05) is 75.6 Å². The Bertz CT molecular complexity index is 1350. The number of nitrogens with zero attached hydrogens (tertiary/aromatic N) is 2. The molecule has 0 spiro atoms. The molecule has 13 heteroatoms. The average molecular weight is 747 g/mol. The summed E-state index contributed by atoms with van der Waals surface area (Å²) in [6.07, 6.45) is 5.71. The first-order valence-corrected chi connectivity index (χ1v) is 18.0. The van der Waals surface area contributed by atoms with Crippen molar-refractivity contribution in [3.8, 4) is 11.5 Å². The maximum Gasteiger partial charge on any atom is 0.302 e. The summed E-state index contributed by atoms with van der Waals surface area (Å²) in [4.78, 5) is 58.8. The highest BCUT2D eigenvalue weighted by Gasteiger charge is 2.12. The summed E-state index contributed by atoms with van der Waals surface area (Å²) in [5.41, 5.74) is 2.44. The fraction of sp³-hybridized carbons (Fsp3) is 0.575. The number of carbonyl (C=O) groups is 5. The lowest BCUT2D eigenvalue weighted by molar-refractivity contribution is -0.142. The van der Waals surface area contributed by atoms with Gasteiger partial charge in [0, 0.05) is 64.3 Å². The van der Waals surface area contributed by atoms with Crippen LogP contribution < -0.4 is 19.3 Å². The van der Waals surface area contributed by atoms with E-state index >= 15 is 0 Å². The zero-order chi connectivity index (χ0) is 38.6. The van der Waals surface area contributed by atoms with Gasteiger partial charge in [0.15, 0.2) is 6.29 Å². The Morgan fingerprint density at radius 3 is 1.49 bits per heavy atom. The van der Waals surface area contributed by atoms with Crippen LogP contribution in [0.4, 0.5) is 11.4 Å². The van der Waals surface area contributed by atoms with Gasteiger partial charge >= 0.3 is 23.9 Å². The van der Waals surface area contributed by atoms with Gasteiger partial charge in [0.25, 0.3) is 0 Å². The number of carbonyl (C=O) groups excluding carboxylic acids is 5. The molecule has 298 valence electrons. The van der Waals surface area contributed by atoms with Crippen molar-refractivity contribution in [1.82, 2.24) is 0 Å². The van der Waals surface area contributed by atoms with Crippen LogP contribution in [0, 0.1) is 0 Å². The van der Waals surface area contributed by atoms with Crippen molar-refractivity contribution in [3.05, 3.63) is 48.0 Å². The van der Waals surface area contributed by atoms with Gasteiger partial charge in [-0.15, -0.1) is 0 Å². The monoisotopic (exact) mass is 746 g/mol. The number of unbranched alkanes of at least 4 members (excludes halogenated alkanes) is 2. The molecule has 2 rings (SSSR count). The van der Waals surface area contributed by atoms with Crippen LogP contribution in [0.2, 0.25) is 0 Å². The maximum atomic E-state index is 11.3. The normalized spacial score (nSPS) is 10.0. The van der Waals surface area contributed by atoms with Crippen LogP contribution in [0.1, 0.15) is 97.9 Å². The predicted molar refractivity (Wildman–Crippen MR) is 206 cm³/mol. The van der Waals surface area contributed by atoms with Crippen LogP contribution >= 0.6 is 0 Å². The largest absolute Gasteiger partial charge is 0.494 e. The van der Waals surface area contributed by atoms with Gasteiger partial charge in [-0.3, -0.25) is 24.0 Å². The van der Waals surface area contributed by atoms with E-state index < -0.39 is 0 Å². The van der Waals surface area contributed by atoms with Gasteiger partial charge in [-0.05, 0) is 62.8 Å². The molecule has 0 atom stereocenters. The molecule has 13 nitrogen and oxygen atoms in total. The third kappa shape index (κ3) is 23.4. The van der Waals surface area contributed by atoms with Crippen molar-refractivity contribution < 1.29 is 52.4 Å². The Morgan fingerprint density at radius 1 is 0.566 bits per heavy atom. The molecule has 0 heterocycles. The van der Waals surface area contributed by atoms with Crippen molar-refractivity contribution in [2.24, 2.45) is 0 Å². The molecule has 0 N–H and O–H groups in total. The minimum atomic E-state index is -0.305. The third-order valence-corrected chi connectivity index (χ3v) is 7.21. The van der Waals surface area contributed by atoms with Gasteiger partial charge in [0.1, 0.15) is 24.7 Å². The molecule has 0 aliphatic heterocycles. The molecule has 0 aliphatic carbocycles. The van der Waals surface area contributed by atoms with E-state index in [0.29, 0.717) is 76.9 Å². The van der Waals surface area contributed by atoms with Crippen molar-refractivity contribution in [1.29, 1.82) is 0 Å². The predicted octanol–water partition coefficient (Wildman–Crippen LogP) is 6.83. The van der Waals surface area contributed by atoms with E-state index in [1.54, 1.807) is 6.07 Å². The highest BCUT2D eigenvalue weighted by atomic mass is 16.5. The van der Waals surface area contributed by atoms with E-state index in [1.165, 1.54) is 27.7 Å². The number of ether oxygens (including phenoxy) is 6. The first kappa shape index (κ1) is 48.2. The fourth-order valence-corrected chi connectivity index (χ4v) is 4.80. The number of hydrogen-bond acceptors (Lipinski definition) is 13. The highest BCUT2D eigenvalue weighted by molar-refractivity contribution is 5.81. The zero-order valence-corrected chi connectivity index (χ0v) is 31.8. The smallest absolute Gasteiger partial charge is 0.302 e. The molecule has 0 radical (unpaired) electrons. The first-order chi connectivity index (χ1) is 25.0. The molecule has 0 unspecified atom stereocenters. The van der Waals surface area contributed by atoms with Gasteiger partial charge in [-0.25, -0.2) is 0 Å². The zero-order valence-electron chi connectivity index (χ0n) is 31.8. The molecule has 0 amide bonds. The Balaban J connectivity index is 0.00000100. The third-order valence-electron chi connectivity index (χ3n) is 7.21. The molecular formula is C40H62N2O11. The topological polar surface area (TPSA) is 147 Å². The summed E-state index contributed by atoms with van der Waals surface area (Å²) in [5.74, 6) is 0.208. The van der Waals surface area contributed by atoms with Crippen molar-refractivity contribution in [3.63, 3.8) is 0 Å². The average Bonchev–Trinajstić information content (AvgIpc) is 3.10. The van der Waals surface area contributed by atoms with Crippen LogP contribution in [0.5, 0.6) is 11.5 Å². The Labute approximate surface area is 316 Å². The van der Waals surface area contributed by atoms with Crippen LogP contribution in [0.3, 0.4) is 0 Å². The van der Waals surface area contributed by atoms with E-state index in [0.717, 1.165) is 62.2 Å². The lowest BCUT2D eigenvalue weighted by Crippen LogP contribution is -2.28. The molecule has 0 fully saturated rings. The minimum absolute atomic E-state index is 0. The molecule has 0 aliphatic rings. The SMILES string of the molecule is C.CCCN(CCOC(C)=O)c1ccc(C=O)c(OCCCCOC(C)=O)c1.CCCN(CCOC(C)=O)c1cccc(OCCCCOC(C)=O)c1. The van der Waals surface area contributed by atoms with E-state index in [4.69, 9.17) is 28.4 Å². The fourth-order valence-electron chi connectivity index (χ4n) is 4.80.